The molecule has 1 heterocycles. The van der Waals surface area contributed by atoms with Crippen LogP contribution in [0.25, 0.3) is 5.69 Å². The highest BCUT2D eigenvalue weighted by atomic mass is 19.4. The Morgan fingerprint density at radius 2 is 1.89 bits per heavy atom. The summed E-state index contributed by atoms with van der Waals surface area (Å²) in [4.78, 5) is 25.8. The van der Waals surface area contributed by atoms with Gasteiger partial charge in [-0.05, 0) is 44.0 Å². The summed E-state index contributed by atoms with van der Waals surface area (Å²) in [5, 5.41) is 3.70. The molecule has 144 valence electrons. The van der Waals surface area contributed by atoms with E-state index in [9.17, 15) is 22.8 Å². The summed E-state index contributed by atoms with van der Waals surface area (Å²) in [6, 6.07) is 5.86. The fraction of sp³-hybridized carbons (Fsp3) is 0.389. The summed E-state index contributed by atoms with van der Waals surface area (Å²) in [5.41, 5.74) is -1.41. The van der Waals surface area contributed by atoms with Crippen molar-refractivity contribution in [3.8, 4) is 5.69 Å². The lowest BCUT2D eigenvalue weighted by Gasteiger charge is -2.17. The Labute approximate surface area is 153 Å². The van der Waals surface area contributed by atoms with Crippen LogP contribution in [0.4, 0.5) is 13.2 Å². The molecule has 1 saturated carbocycles. The lowest BCUT2D eigenvalue weighted by molar-refractivity contribution is -0.143. The number of carbonyl (C=O) groups is 2. The maximum Gasteiger partial charge on any atom is 0.434 e. The van der Waals surface area contributed by atoms with Gasteiger partial charge in [0.25, 0.3) is 5.91 Å². The standard InChI is InChI=1S/C18H18F3N3O3/c1-3-27-17(26)14-10-22-24(15(14)18(19,20)21)13-6-4-11(5-7-13)16(25)23(2)12-8-9-12/h4-7,10,12H,3,8-9H2,1-2H3. The van der Waals surface area contributed by atoms with Crippen molar-refractivity contribution < 1.29 is 27.5 Å². The largest absolute Gasteiger partial charge is 0.462 e. The topological polar surface area (TPSA) is 64.4 Å². The quantitative estimate of drug-likeness (QED) is 0.746. The van der Waals surface area contributed by atoms with E-state index in [4.69, 9.17) is 0 Å². The molecule has 0 atom stereocenters. The van der Waals surface area contributed by atoms with Gasteiger partial charge in [0.05, 0.1) is 18.5 Å². The Kier molecular flexibility index (Phi) is 4.95. The smallest absolute Gasteiger partial charge is 0.434 e. The van der Waals surface area contributed by atoms with Crippen LogP contribution in [-0.4, -0.2) is 46.3 Å². The number of alkyl halides is 3. The number of amides is 1. The molecular formula is C18H18F3N3O3. The van der Waals surface area contributed by atoms with Gasteiger partial charge in [0, 0.05) is 18.7 Å². The maximum atomic E-state index is 13.5. The molecule has 9 heteroatoms. The molecule has 3 rings (SSSR count). The van der Waals surface area contributed by atoms with E-state index in [0.717, 1.165) is 19.0 Å². The number of benzene rings is 1. The van der Waals surface area contributed by atoms with Crippen LogP contribution in [-0.2, 0) is 10.9 Å². The Bertz CT molecular complexity index is 855. The lowest BCUT2D eigenvalue weighted by Crippen LogP contribution is -2.28. The monoisotopic (exact) mass is 381 g/mol. The van der Waals surface area contributed by atoms with Gasteiger partial charge >= 0.3 is 12.1 Å². The second kappa shape index (κ2) is 7.05. The van der Waals surface area contributed by atoms with Crippen molar-refractivity contribution in [3.05, 3.63) is 47.3 Å². The fourth-order valence-corrected chi connectivity index (χ4v) is 2.75. The summed E-state index contributed by atoms with van der Waals surface area (Å²) in [6.07, 6.45) is -2.06. The number of aromatic nitrogens is 2. The zero-order valence-electron chi connectivity index (χ0n) is 14.8. The second-order valence-corrected chi connectivity index (χ2v) is 6.23. The zero-order valence-corrected chi connectivity index (χ0v) is 14.8. The summed E-state index contributed by atoms with van der Waals surface area (Å²) in [5.74, 6) is -1.28. The molecule has 0 radical (unpaired) electrons. The van der Waals surface area contributed by atoms with Crippen molar-refractivity contribution in [2.45, 2.75) is 32.0 Å². The van der Waals surface area contributed by atoms with Crippen molar-refractivity contribution in [2.24, 2.45) is 0 Å². The molecule has 0 aliphatic heterocycles. The molecule has 1 aliphatic carbocycles. The average molecular weight is 381 g/mol. The number of hydrogen-bond donors (Lipinski definition) is 0. The first kappa shape index (κ1) is 18.9. The molecule has 1 aromatic heterocycles. The van der Waals surface area contributed by atoms with Gasteiger partial charge in [0.2, 0.25) is 0 Å². The van der Waals surface area contributed by atoms with E-state index in [2.05, 4.69) is 9.84 Å². The molecule has 6 nitrogen and oxygen atoms in total. The van der Waals surface area contributed by atoms with Crippen LogP contribution in [0.3, 0.4) is 0 Å². The Morgan fingerprint density at radius 3 is 2.41 bits per heavy atom. The molecule has 1 aromatic carbocycles. The average Bonchev–Trinajstić information content (AvgIpc) is 3.37. The van der Waals surface area contributed by atoms with Crippen LogP contribution >= 0.6 is 0 Å². The number of nitrogens with zero attached hydrogens (tertiary/aromatic N) is 3. The van der Waals surface area contributed by atoms with Crippen molar-refractivity contribution in [1.29, 1.82) is 0 Å². The predicted octanol–water partition coefficient (Wildman–Crippen LogP) is 3.30. The molecule has 0 saturated heterocycles. The van der Waals surface area contributed by atoms with Crippen LogP contribution in [0, 0.1) is 0 Å². The highest BCUT2D eigenvalue weighted by Crippen LogP contribution is 2.34. The number of halogens is 3. The minimum absolute atomic E-state index is 0.0490. The Morgan fingerprint density at radius 1 is 1.26 bits per heavy atom. The van der Waals surface area contributed by atoms with Crippen LogP contribution in [0.5, 0.6) is 0 Å². The minimum Gasteiger partial charge on any atom is -0.462 e. The zero-order chi connectivity index (χ0) is 19.8. The fourth-order valence-electron chi connectivity index (χ4n) is 2.75. The van der Waals surface area contributed by atoms with Gasteiger partial charge < -0.3 is 9.64 Å². The number of esters is 1. The van der Waals surface area contributed by atoms with Crippen LogP contribution in [0.15, 0.2) is 30.5 Å². The van der Waals surface area contributed by atoms with Crippen LogP contribution in [0.2, 0.25) is 0 Å². The van der Waals surface area contributed by atoms with Gasteiger partial charge in [0.1, 0.15) is 5.56 Å². The van der Waals surface area contributed by atoms with Crippen LogP contribution < -0.4 is 0 Å². The second-order valence-electron chi connectivity index (χ2n) is 6.23. The van der Waals surface area contributed by atoms with E-state index in [0.29, 0.717) is 10.2 Å². The van der Waals surface area contributed by atoms with Crippen molar-refractivity contribution in [3.63, 3.8) is 0 Å². The van der Waals surface area contributed by atoms with Crippen molar-refractivity contribution in [1.82, 2.24) is 14.7 Å². The van der Waals surface area contributed by atoms with E-state index < -0.39 is 23.4 Å². The first-order valence-electron chi connectivity index (χ1n) is 8.44. The number of hydrogen-bond acceptors (Lipinski definition) is 4. The Hall–Kier alpha value is -2.84. The number of carbonyl (C=O) groups excluding carboxylic acids is 2. The highest BCUT2D eigenvalue weighted by Gasteiger charge is 2.41. The normalized spacial score (nSPS) is 14.1. The molecule has 2 aromatic rings. The summed E-state index contributed by atoms with van der Waals surface area (Å²) in [6.45, 7) is 1.45. The SMILES string of the molecule is CCOC(=O)c1cnn(-c2ccc(C(=O)N(C)C3CC3)cc2)c1C(F)(F)F. The predicted molar refractivity (Wildman–Crippen MR) is 89.6 cm³/mol. The summed E-state index contributed by atoms with van der Waals surface area (Å²) < 4.78 is 45.8. The van der Waals surface area contributed by atoms with E-state index >= 15 is 0 Å². The molecule has 1 amide bonds. The maximum absolute atomic E-state index is 13.5. The molecule has 0 unspecified atom stereocenters. The van der Waals surface area contributed by atoms with Gasteiger partial charge in [-0.25, -0.2) is 9.48 Å². The van der Waals surface area contributed by atoms with E-state index in [1.165, 1.54) is 31.2 Å². The van der Waals surface area contributed by atoms with Crippen molar-refractivity contribution >= 4 is 11.9 Å². The van der Waals surface area contributed by atoms with Crippen molar-refractivity contribution in [2.75, 3.05) is 13.7 Å². The number of ether oxygens (including phenoxy) is 1. The third-order valence-electron chi connectivity index (χ3n) is 4.31. The van der Waals surface area contributed by atoms with Gasteiger partial charge in [0.15, 0.2) is 5.69 Å². The molecule has 0 spiro atoms. The minimum atomic E-state index is -4.81. The van der Waals surface area contributed by atoms with E-state index in [-0.39, 0.29) is 24.2 Å². The molecule has 1 fully saturated rings. The molecular weight excluding hydrogens is 363 g/mol. The van der Waals surface area contributed by atoms with Gasteiger partial charge in [-0.2, -0.15) is 18.3 Å². The summed E-state index contributed by atoms with van der Waals surface area (Å²) >= 11 is 0. The first-order chi connectivity index (χ1) is 12.7. The molecule has 27 heavy (non-hydrogen) atoms. The third-order valence-corrected chi connectivity index (χ3v) is 4.31. The summed E-state index contributed by atoms with van der Waals surface area (Å²) in [7, 11) is 1.70. The van der Waals surface area contributed by atoms with Gasteiger partial charge in [-0.15, -0.1) is 0 Å². The van der Waals surface area contributed by atoms with E-state index in [1.807, 2.05) is 0 Å². The molecule has 0 N–H and O–H groups in total. The lowest BCUT2D eigenvalue weighted by atomic mass is 10.1. The third kappa shape index (κ3) is 3.81. The first-order valence-corrected chi connectivity index (χ1v) is 8.44. The molecule has 1 aliphatic rings. The highest BCUT2D eigenvalue weighted by molar-refractivity contribution is 5.94. The van der Waals surface area contributed by atoms with Gasteiger partial charge in [-0.1, -0.05) is 0 Å². The van der Waals surface area contributed by atoms with E-state index in [1.54, 1.807) is 11.9 Å². The van der Waals surface area contributed by atoms with Crippen LogP contribution in [0.1, 0.15) is 46.2 Å². The van der Waals surface area contributed by atoms with Gasteiger partial charge in [-0.3, -0.25) is 4.79 Å². The molecule has 0 bridgehead atoms. The number of rotatable bonds is 5. The Balaban J connectivity index is 1.94.